The van der Waals surface area contributed by atoms with Gasteiger partial charge in [-0.2, -0.15) is 0 Å². The Bertz CT molecular complexity index is 1510. The van der Waals surface area contributed by atoms with E-state index in [4.69, 9.17) is 29.1 Å². The van der Waals surface area contributed by atoms with Gasteiger partial charge in [-0.05, 0) is 81.8 Å². The molecule has 0 aromatic heterocycles. The van der Waals surface area contributed by atoms with E-state index in [1.165, 1.54) is 24.3 Å². The molecule has 3 rings (SSSR count). The Labute approximate surface area is 274 Å². The second-order valence-electron chi connectivity index (χ2n) is 11.3. The molecule has 1 atom stereocenters. The first-order chi connectivity index (χ1) is 22.4. The smallest absolute Gasteiger partial charge is 0.413 e. The number of carbonyl (C=O) groups excluding carboxylic acids is 4. The van der Waals surface area contributed by atoms with Crippen LogP contribution in [0.2, 0.25) is 0 Å². The van der Waals surface area contributed by atoms with Gasteiger partial charge in [0.25, 0.3) is 5.91 Å². The van der Waals surface area contributed by atoms with Crippen molar-refractivity contribution in [2.45, 2.75) is 45.8 Å². The highest BCUT2D eigenvalue weighted by molar-refractivity contribution is 6.06. The maximum Gasteiger partial charge on any atom is 0.413 e. The largest absolute Gasteiger partial charge is 0.491 e. The van der Waals surface area contributed by atoms with Crippen LogP contribution >= 0.6 is 0 Å². The van der Waals surface area contributed by atoms with Crippen molar-refractivity contribution in [2.24, 2.45) is 0 Å². The Morgan fingerprint density at radius 1 is 0.787 bits per heavy atom. The summed E-state index contributed by atoms with van der Waals surface area (Å²) in [6.07, 6.45) is -0.578. The summed E-state index contributed by atoms with van der Waals surface area (Å²) >= 11 is 0. The molecule has 0 heterocycles. The van der Waals surface area contributed by atoms with Crippen LogP contribution in [0, 0.1) is 5.41 Å². The van der Waals surface area contributed by atoms with Gasteiger partial charge in [-0.25, -0.2) is 9.59 Å². The maximum atomic E-state index is 13.7. The summed E-state index contributed by atoms with van der Waals surface area (Å²) < 4.78 is 26.1. The van der Waals surface area contributed by atoms with Crippen LogP contribution in [0.1, 0.15) is 59.5 Å². The van der Waals surface area contributed by atoms with Gasteiger partial charge >= 0.3 is 12.1 Å². The fourth-order valence-electron chi connectivity index (χ4n) is 4.18. The number of ketones is 1. The molecule has 12 nitrogen and oxygen atoms in total. The van der Waals surface area contributed by atoms with Gasteiger partial charge in [-0.1, -0.05) is 24.3 Å². The third-order valence-electron chi connectivity index (χ3n) is 6.40. The van der Waals surface area contributed by atoms with E-state index in [1.807, 2.05) is 12.1 Å². The number of rotatable bonds is 15. The van der Waals surface area contributed by atoms with E-state index < -0.39 is 29.6 Å². The molecule has 3 N–H and O–H groups in total. The van der Waals surface area contributed by atoms with Crippen molar-refractivity contribution >= 4 is 29.6 Å². The summed E-state index contributed by atoms with van der Waals surface area (Å²) in [7, 11) is 1.59. The molecular formula is C35H41N3O9. The Hall–Kier alpha value is -5.23. The van der Waals surface area contributed by atoms with Gasteiger partial charge in [-0.15, -0.1) is 0 Å². The number of nitrogens with one attached hydrogen (secondary N) is 3. The Balaban J connectivity index is 1.75. The quantitative estimate of drug-likeness (QED) is 0.0696. The number of hydrogen-bond acceptors (Lipinski definition) is 10. The number of methoxy groups -OCH3 is 1. The van der Waals surface area contributed by atoms with Gasteiger partial charge in [0, 0.05) is 30.2 Å². The van der Waals surface area contributed by atoms with Crippen LogP contribution in [-0.2, 0) is 25.4 Å². The Morgan fingerprint density at radius 2 is 1.36 bits per heavy atom. The van der Waals surface area contributed by atoms with E-state index in [2.05, 4.69) is 10.6 Å². The zero-order valence-corrected chi connectivity index (χ0v) is 27.2. The lowest BCUT2D eigenvalue weighted by molar-refractivity contribution is -0.145. The molecule has 47 heavy (non-hydrogen) atoms. The number of benzene rings is 3. The van der Waals surface area contributed by atoms with E-state index in [-0.39, 0.29) is 36.8 Å². The number of ether oxygens (including phenoxy) is 5. The average molecular weight is 648 g/mol. The molecule has 3 aromatic carbocycles. The highest BCUT2D eigenvalue weighted by atomic mass is 16.6. The third-order valence-corrected chi connectivity index (χ3v) is 6.40. The van der Waals surface area contributed by atoms with Crippen molar-refractivity contribution in [3.05, 3.63) is 95.1 Å². The molecule has 0 aliphatic rings. The molecule has 0 saturated carbocycles. The van der Waals surface area contributed by atoms with Gasteiger partial charge in [-0.3, -0.25) is 20.3 Å². The normalized spacial score (nSPS) is 11.5. The van der Waals surface area contributed by atoms with Crippen molar-refractivity contribution in [3.63, 3.8) is 0 Å². The molecule has 0 radical (unpaired) electrons. The molecule has 0 spiro atoms. The Morgan fingerprint density at radius 3 is 1.96 bits per heavy atom. The van der Waals surface area contributed by atoms with Crippen LogP contribution in [0.25, 0.3) is 0 Å². The molecule has 0 fully saturated rings. The number of esters is 1. The molecule has 3 aromatic rings. The minimum atomic E-state index is -0.944. The number of amidine groups is 1. The number of Topliss-reactive ketones (excluding diaryl/α,β-unsaturated/α-hetero) is 1. The van der Waals surface area contributed by atoms with Crippen molar-refractivity contribution in [1.82, 2.24) is 10.6 Å². The van der Waals surface area contributed by atoms with Gasteiger partial charge in [0.15, 0.2) is 12.4 Å². The molecule has 0 unspecified atom stereocenters. The number of carbonyl (C=O) groups is 4. The number of alkyl carbamates (subject to hydrolysis) is 1. The minimum Gasteiger partial charge on any atom is -0.491 e. The van der Waals surface area contributed by atoms with Crippen LogP contribution in [-0.4, -0.2) is 74.8 Å². The second kappa shape index (κ2) is 17.5. The zero-order chi connectivity index (χ0) is 34.4. The van der Waals surface area contributed by atoms with Crippen LogP contribution in [0.4, 0.5) is 4.79 Å². The summed E-state index contributed by atoms with van der Waals surface area (Å²) in [5.41, 5.74) is 1.00. The van der Waals surface area contributed by atoms with E-state index in [1.54, 1.807) is 71.2 Å². The number of amides is 2. The van der Waals surface area contributed by atoms with Crippen LogP contribution in [0.3, 0.4) is 0 Å². The average Bonchev–Trinajstić information content (AvgIpc) is 3.03. The highest BCUT2D eigenvalue weighted by Gasteiger charge is 2.24. The first-order valence-corrected chi connectivity index (χ1v) is 15.0. The maximum absolute atomic E-state index is 13.7. The molecule has 0 aliphatic heterocycles. The summed E-state index contributed by atoms with van der Waals surface area (Å²) in [4.78, 5) is 50.7. The van der Waals surface area contributed by atoms with E-state index in [9.17, 15) is 19.2 Å². The van der Waals surface area contributed by atoms with Crippen LogP contribution in [0.5, 0.6) is 11.5 Å². The van der Waals surface area contributed by atoms with Gasteiger partial charge < -0.3 is 29.0 Å². The molecule has 2 amide bonds. The van der Waals surface area contributed by atoms with Crippen LogP contribution < -0.4 is 20.1 Å². The van der Waals surface area contributed by atoms with Gasteiger partial charge in [0.1, 0.15) is 29.5 Å². The summed E-state index contributed by atoms with van der Waals surface area (Å²) in [5.74, 6) is -0.515. The van der Waals surface area contributed by atoms with Crippen LogP contribution in [0.15, 0.2) is 72.8 Å². The fraction of sp³-hybridized carbons (Fsp3) is 0.343. The molecule has 0 saturated heterocycles. The number of hydrogen-bond donors (Lipinski definition) is 3. The molecule has 0 aliphatic carbocycles. The lowest BCUT2D eigenvalue weighted by atomic mass is 9.97. The summed E-state index contributed by atoms with van der Waals surface area (Å²) in [6.45, 7) is 7.66. The monoisotopic (exact) mass is 647 g/mol. The van der Waals surface area contributed by atoms with E-state index >= 15 is 0 Å². The predicted octanol–water partition coefficient (Wildman–Crippen LogP) is 4.73. The zero-order valence-electron chi connectivity index (χ0n) is 27.2. The van der Waals surface area contributed by atoms with Gasteiger partial charge in [0.05, 0.1) is 19.3 Å². The second-order valence-corrected chi connectivity index (χ2v) is 11.3. The van der Waals surface area contributed by atoms with Crippen molar-refractivity contribution < 1.29 is 42.9 Å². The standard InChI is InChI=1S/C35H41N3O9/c1-6-44-30(39)22-46-28-17-13-24(14-18-28)31(40)29(21-23-7-15-27(16-8-23)45-20-19-43-5)37-33(41)26-11-9-25(10-12-26)32(36)38-34(42)47-35(2,3)4/h7-18,29H,6,19-22H2,1-5H3,(H,37,41)(H2,36,38,42)/t29-/m0/s1. The molecular weight excluding hydrogens is 606 g/mol. The SMILES string of the molecule is CCOC(=O)COc1ccc(C(=O)[C@H](Cc2ccc(OCCOC)cc2)NC(=O)c2ccc(C(=N)NC(=O)OC(C)(C)C)cc2)cc1. The van der Waals surface area contributed by atoms with Gasteiger partial charge in [0.2, 0.25) is 0 Å². The lowest BCUT2D eigenvalue weighted by Gasteiger charge is -2.20. The molecule has 250 valence electrons. The highest BCUT2D eigenvalue weighted by Crippen LogP contribution is 2.18. The van der Waals surface area contributed by atoms with Crippen molar-refractivity contribution in [2.75, 3.05) is 33.5 Å². The fourth-order valence-corrected chi connectivity index (χ4v) is 4.18. The topological polar surface area (TPSA) is 162 Å². The first-order valence-electron chi connectivity index (χ1n) is 15.0. The molecule has 0 bridgehead atoms. The van der Waals surface area contributed by atoms with E-state index in [0.717, 1.165) is 5.56 Å². The predicted molar refractivity (Wildman–Crippen MR) is 174 cm³/mol. The summed E-state index contributed by atoms with van der Waals surface area (Å²) in [5, 5.41) is 13.4. The summed E-state index contributed by atoms with van der Waals surface area (Å²) in [6, 6.07) is 18.5. The third kappa shape index (κ3) is 12.2. The first kappa shape index (κ1) is 36.2. The molecule has 12 heteroatoms. The minimum absolute atomic E-state index is 0.187. The Kier molecular flexibility index (Phi) is 13.5. The van der Waals surface area contributed by atoms with Crippen molar-refractivity contribution in [3.8, 4) is 11.5 Å². The van der Waals surface area contributed by atoms with E-state index in [0.29, 0.717) is 35.8 Å². The lowest BCUT2D eigenvalue weighted by Crippen LogP contribution is -2.42. The van der Waals surface area contributed by atoms with Crippen molar-refractivity contribution in [1.29, 1.82) is 5.41 Å².